The fourth-order valence-corrected chi connectivity index (χ4v) is 0.674. The summed E-state index contributed by atoms with van der Waals surface area (Å²) in [4.78, 5) is 3.87. The molecule has 2 radical (unpaired) electrons. The predicted molar refractivity (Wildman–Crippen MR) is 29.6 cm³/mol. The molecule has 0 bridgehead atoms. The van der Waals surface area contributed by atoms with E-state index >= 15 is 0 Å². The predicted octanol–water partition coefficient (Wildman–Crippen LogP) is -0.125. The summed E-state index contributed by atoms with van der Waals surface area (Å²) in [6.07, 6.45) is 3.57. The first-order valence-electron chi connectivity index (χ1n) is 1.98. The van der Waals surface area contributed by atoms with Gasteiger partial charge < -0.3 is 0 Å². The molecule has 7 heavy (non-hydrogen) atoms. The molecule has 0 fully saturated rings. The average Bonchev–Trinajstić information content (AvgIpc) is 1.69. The average molecular weight is 153 g/mol. The van der Waals surface area contributed by atoms with E-state index in [0.29, 0.717) is 0 Å². The van der Waals surface area contributed by atoms with Crippen LogP contribution >= 0.6 is 0 Å². The van der Waals surface area contributed by atoms with E-state index in [4.69, 9.17) is 0 Å². The molecule has 0 saturated carbocycles. The summed E-state index contributed by atoms with van der Waals surface area (Å²) in [5.41, 5.74) is 0. The zero-order chi connectivity index (χ0) is 5.11. The summed E-state index contributed by atoms with van der Waals surface area (Å²) in [6.45, 7) is 0. The van der Waals surface area contributed by atoms with Gasteiger partial charge in [0.15, 0.2) is 0 Å². The van der Waals surface area contributed by atoms with E-state index in [-0.39, 0.29) is 0 Å². The molecule has 1 heterocycles. The molecule has 1 nitrogen and oxygen atoms in total. The zero-order valence-electron chi connectivity index (χ0n) is 3.70. The van der Waals surface area contributed by atoms with Gasteiger partial charge in [0.1, 0.15) is 0 Å². The molecule has 0 aliphatic carbocycles. The van der Waals surface area contributed by atoms with Crippen LogP contribution in [0.25, 0.3) is 0 Å². The third kappa shape index (κ3) is 1.32. The van der Waals surface area contributed by atoms with Gasteiger partial charge in [-0.25, -0.2) is 0 Å². The van der Waals surface area contributed by atoms with Crippen molar-refractivity contribution in [3.8, 4) is 0 Å². The molecule has 1 aromatic heterocycles. The molecule has 0 spiro atoms. The van der Waals surface area contributed by atoms with Crippen LogP contribution in [0.3, 0.4) is 0 Å². The van der Waals surface area contributed by atoms with Crippen LogP contribution in [0.1, 0.15) is 0 Å². The first-order valence-corrected chi connectivity index (χ1v) is 2.92. The normalized spacial score (nSPS) is 8.71. The summed E-state index contributed by atoms with van der Waals surface area (Å²) in [5, 5.41) is 0. The van der Waals surface area contributed by atoms with E-state index in [0.717, 1.165) is 4.35 Å². The monoisotopic (exact) mass is 153 g/mol. The zero-order valence-corrected chi connectivity index (χ0v) is 5.58. The van der Waals surface area contributed by atoms with Crippen molar-refractivity contribution < 1.29 is 0 Å². The van der Waals surface area contributed by atoms with Crippen LogP contribution in [0.5, 0.6) is 0 Å². The van der Waals surface area contributed by atoms with Gasteiger partial charge in [0.25, 0.3) is 0 Å². The van der Waals surface area contributed by atoms with Crippen LogP contribution < -0.4 is 4.35 Å². The summed E-state index contributed by atoms with van der Waals surface area (Å²) >= 11 is 2.43. The minimum atomic E-state index is 1.15. The summed E-state index contributed by atoms with van der Waals surface area (Å²) < 4.78 is 1.15. The topological polar surface area (TPSA) is 12.9 Å². The van der Waals surface area contributed by atoms with Crippen LogP contribution in [0.4, 0.5) is 0 Å². The molecule has 2 heteroatoms. The summed E-state index contributed by atoms with van der Waals surface area (Å²) in [7, 11) is 0. The second-order valence-electron chi connectivity index (χ2n) is 1.21. The van der Waals surface area contributed by atoms with Gasteiger partial charge in [-0.1, -0.05) is 0 Å². The van der Waals surface area contributed by atoms with E-state index in [1.807, 2.05) is 12.1 Å². The maximum atomic E-state index is 3.87. The first-order chi connectivity index (χ1) is 3.39. The third-order valence-electron chi connectivity index (χ3n) is 0.646. The van der Waals surface area contributed by atoms with Gasteiger partial charge in [-0.2, -0.15) is 0 Å². The number of hydrogen-bond acceptors (Lipinski definition) is 1. The Bertz CT molecular complexity index is 138. The van der Waals surface area contributed by atoms with Crippen molar-refractivity contribution in [2.75, 3.05) is 0 Å². The van der Waals surface area contributed by atoms with Crippen molar-refractivity contribution >= 4 is 21.2 Å². The van der Waals surface area contributed by atoms with Crippen LogP contribution in [-0.4, -0.2) is 21.8 Å². The van der Waals surface area contributed by atoms with Crippen LogP contribution in [-0.2, 0) is 0 Å². The standard InChI is InChI=1S/C5H4AsN/c6-5-2-1-3-7-4-5/h1-4H. The third-order valence-corrected chi connectivity index (χ3v) is 1.20. The van der Waals surface area contributed by atoms with Crippen LogP contribution in [0.15, 0.2) is 24.5 Å². The van der Waals surface area contributed by atoms with Crippen LogP contribution in [0.2, 0.25) is 0 Å². The Morgan fingerprint density at radius 2 is 2.43 bits per heavy atom. The molecule has 0 aliphatic heterocycles. The van der Waals surface area contributed by atoms with Gasteiger partial charge in [-0.3, -0.25) is 0 Å². The van der Waals surface area contributed by atoms with E-state index < -0.39 is 0 Å². The van der Waals surface area contributed by atoms with E-state index in [1.165, 1.54) is 0 Å². The van der Waals surface area contributed by atoms with Crippen molar-refractivity contribution in [1.82, 2.24) is 4.98 Å². The van der Waals surface area contributed by atoms with Gasteiger partial charge in [0.05, 0.1) is 0 Å². The molecular weight excluding hydrogens is 149 g/mol. The quantitative estimate of drug-likeness (QED) is 0.473. The molecule has 0 amide bonds. The maximum absolute atomic E-state index is 3.87. The molecule has 1 rings (SSSR count). The fraction of sp³-hybridized carbons (Fsp3) is 0. The van der Waals surface area contributed by atoms with Gasteiger partial charge in [0, 0.05) is 0 Å². The summed E-state index contributed by atoms with van der Waals surface area (Å²) in [5.74, 6) is 0. The molecular formula is C5H4AsN. The second kappa shape index (κ2) is 2.13. The summed E-state index contributed by atoms with van der Waals surface area (Å²) in [6, 6.07) is 3.90. The Labute approximate surface area is 51.3 Å². The molecule has 1 aromatic rings. The molecule has 0 atom stereocenters. The SMILES string of the molecule is [As]c1cccnc1. The Hall–Kier alpha value is -0.292. The Kier molecular flexibility index (Phi) is 1.48. The van der Waals surface area contributed by atoms with Gasteiger partial charge in [-0.05, 0) is 0 Å². The Morgan fingerprint density at radius 3 is 2.71 bits per heavy atom. The second-order valence-corrected chi connectivity index (χ2v) is 2.29. The number of hydrogen-bond donors (Lipinski definition) is 0. The number of rotatable bonds is 0. The molecule has 34 valence electrons. The van der Waals surface area contributed by atoms with E-state index in [1.54, 1.807) is 12.4 Å². The Morgan fingerprint density at radius 1 is 1.57 bits per heavy atom. The first kappa shape index (κ1) is 4.86. The molecule has 0 aliphatic rings. The van der Waals surface area contributed by atoms with Gasteiger partial charge in [0.2, 0.25) is 0 Å². The van der Waals surface area contributed by atoms with Crippen molar-refractivity contribution in [1.29, 1.82) is 0 Å². The molecule has 0 unspecified atom stereocenters. The van der Waals surface area contributed by atoms with Crippen LogP contribution in [0, 0.1) is 0 Å². The number of aromatic nitrogens is 1. The van der Waals surface area contributed by atoms with Crippen molar-refractivity contribution in [3.63, 3.8) is 0 Å². The van der Waals surface area contributed by atoms with Gasteiger partial charge >= 0.3 is 50.7 Å². The Balaban J connectivity index is 3.02. The minimum absolute atomic E-state index is 1.15. The molecule has 0 aromatic carbocycles. The van der Waals surface area contributed by atoms with Gasteiger partial charge in [-0.15, -0.1) is 0 Å². The number of pyridine rings is 1. The number of nitrogens with zero attached hydrogens (tertiary/aromatic N) is 1. The van der Waals surface area contributed by atoms with E-state index in [9.17, 15) is 0 Å². The molecule has 0 saturated heterocycles. The van der Waals surface area contributed by atoms with Crippen molar-refractivity contribution in [2.45, 2.75) is 0 Å². The molecule has 0 N–H and O–H groups in total. The fourth-order valence-electron chi connectivity index (χ4n) is 0.354. The van der Waals surface area contributed by atoms with Crippen molar-refractivity contribution in [2.24, 2.45) is 0 Å². The van der Waals surface area contributed by atoms with E-state index in [2.05, 4.69) is 21.8 Å². The van der Waals surface area contributed by atoms with Crippen molar-refractivity contribution in [3.05, 3.63) is 24.5 Å².